The van der Waals surface area contributed by atoms with Crippen LogP contribution in [-0.2, 0) is 0 Å². The van der Waals surface area contributed by atoms with Crippen molar-refractivity contribution in [3.05, 3.63) is 12.1 Å². The molecule has 0 aromatic rings. The monoisotopic (exact) mass is 385 g/mol. The Morgan fingerprint density at radius 2 is 1.08 bits per heavy atom. The highest BCUT2D eigenvalue weighted by Gasteiger charge is 2.24. The zero-order valence-corrected chi connectivity index (χ0v) is 20.3. The molecule has 0 aliphatic heterocycles. The van der Waals surface area contributed by atoms with E-state index in [1.165, 1.54) is 82.0 Å². The van der Waals surface area contributed by atoms with Gasteiger partial charge in [0.05, 0.1) is 26.2 Å². The Kier molecular flexibility index (Phi) is 18.8. The molecule has 0 aromatic carbocycles. The molecular formula is C22H47NSSi. The Balaban J connectivity index is 0. The molecule has 0 radical (unpaired) electrons. The lowest BCUT2D eigenvalue weighted by molar-refractivity contribution is -0.929. The van der Waals surface area contributed by atoms with E-state index in [9.17, 15) is 0 Å². The number of hydrogen-bond acceptors (Lipinski definition) is 1. The van der Waals surface area contributed by atoms with Crippen LogP contribution in [-0.4, -0.2) is 43.8 Å². The topological polar surface area (TPSA) is 0 Å². The lowest BCUT2D eigenvalue weighted by atomic mass is 10.1. The third-order valence-corrected chi connectivity index (χ3v) is 5.90. The zero-order valence-electron chi connectivity index (χ0n) is 18.5. The second-order valence-electron chi connectivity index (χ2n) is 8.47. The van der Waals surface area contributed by atoms with Crippen molar-refractivity contribution in [3.63, 3.8) is 0 Å². The summed E-state index contributed by atoms with van der Waals surface area (Å²) in [5, 5.41) is 2.56. The second-order valence-corrected chi connectivity index (χ2v) is 13.8. The molecule has 0 spiro atoms. The van der Waals surface area contributed by atoms with Gasteiger partial charge in [-0.05, 0) is 33.8 Å². The van der Waals surface area contributed by atoms with Gasteiger partial charge in [-0.1, -0.05) is 73.0 Å². The smallest absolute Gasteiger partial charge is 0.0786 e. The van der Waals surface area contributed by atoms with Crippen LogP contribution in [0.15, 0.2) is 6.08 Å². The molecule has 0 N–H and O–H groups in total. The molecular weight excluding hydrogens is 338 g/mol. The van der Waals surface area contributed by atoms with Crippen molar-refractivity contribution in [2.45, 2.75) is 98.7 Å². The van der Waals surface area contributed by atoms with Crippen LogP contribution in [0.1, 0.15) is 79.1 Å². The molecule has 25 heavy (non-hydrogen) atoms. The second kappa shape index (κ2) is 17.3. The maximum absolute atomic E-state index is 4.51. The fourth-order valence-electron chi connectivity index (χ4n) is 2.93. The molecule has 1 nitrogen and oxygen atoms in total. The van der Waals surface area contributed by atoms with Crippen LogP contribution in [0.5, 0.6) is 0 Å². The minimum atomic E-state index is -0.988. The molecule has 0 saturated carbocycles. The number of rotatable bonds is 14. The minimum Gasteiger partial charge on any atom is -0.324 e. The van der Waals surface area contributed by atoms with E-state index in [4.69, 9.17) is 0 Å². The van der Waals surface area contributed by atoms with E-state index in [1.807, 2.05) is 6.08 Å². The van der Waals surface area contributed by atoms with Crippen LogP contribution in [0.4, 0.5) is 0 Å². The average molecular weight is 386 g/mol. The Hall–Kier alpha value is -0.0831. The lowest BCUT2D eigenvalue weighted by Crippen LogP contribution is -2.50. The fourth-order valence-corrected chi connectivity index (χ4v) is 3.70. The normalized spacial score (nSPS) is 11.3. The summed E-state index contributed by atoms with van der Waals surface area (Å²) in [6.45, 7) is 21.8. The average Bonchev–Trinajstić information content (AvgIpc) is 2.58. The van der Waals surface area contributed by atoms with Crippen LogP contribution in [0.2, 0.25) is 19.6 Å². The molecule has 0 bridgehead atoms. The largest absolute Gasteiger partial charge is 0.324 e. The quantitative estimate of drug-likeness (QED) is 0.131. The van der Waals surface area contributed by atoms with E-state index >= 15 is 0 Å². The highest BCUT2D eigenvalue weighted by molar-refractivity contribution is 7.78. The molecule has 0 aliphatic rings. The van der Waals surface area contributed by atoms with Crippen molar-refractivity contribution in [2.75, 3.05) is 26.2 Å². The van der Waals surface area contributed by atoms with Gasteiger partial charge in [-0.2, -0.15) is 18.3 Å². The third kappa shape index (κ3) is 18.5. The highest BCUT2D eigenvalue weighted by atomic mass is 32.1. The summed E-state index contributed by atoms with van der Waals surface area (Å²) in [5.41, 5.74) is 0. The molecule has 0 aromatic heterocycles. The Morgan fingerprint density at radius 1 is 0.760 bits per heavy atom. The van der Waals surface area contributed by atoms with E-state index in [0.717, 1.165) is 0 Å². The van der Waals surface area contributed by atoms with Crippen LogP contribution >= 0.6 is 12.2 Å². The van der Waals surface area contributed by atoms with Crippen molar-refractivity contribution in [1.29, 1.82) is 0 Å². The number of allylic oxidation sites excluding steroid dienone is 1. The van der Waals surface area contributed by atoms with Gasteiger partial charge >= 0.3 is 0 Å². The van der Waals surface area contributed by atoms with Gasteiger partial charge in [0.2, 0.25) is 0 Å². The molecule has 0 aliphatic carbocycles. The van der Waals surface area contributed by atoms with E-state index < -0.39 is 8.07 Å². The molecule has 0 rings (SSSR count). The standard InChI is InChI=1S/C16H36N.C6H11SSi/c1-5-9-13-17(14-10-6-2,15-11-7-3)16-12-8-4;1-8(2,3)6-4-5-7/h5-16H2,1-4H3;4,6H,1-3H3/q+1;-1. The summed E-state index contributed by atoms with van der Waals surface area (Å²) in [4.78, 5) is 0. The molecule has 0 saturated heterocycles. The van der Waals surface area contributed by atoms with Crippen molar-refractivity contribution < 1.29 is 4.48 Å². The summed E-state index contributed by atoms with van der Waals surface area (Å²) in [6.07, 6.45) is 12.9. The molecule has 0 heterocycles. The molecule has 3 heteroatoms. The van der Waals surface area contributed by atoms with Crippen molar-refractivity contribution >= 4 is 25.3 Å². The van der Waals surface area contributed by atoms with Crippen molar-refractivity contribution in [2.24, 2.45) is 0 Å². The summed E-state index contributed by atoms with van der Waals surface area (Å²) >= 11 is 4.51. The highest BCUT2D eigenvalue weighted by Crippen LogP contribution is 2.16. The van der Waals surface area contributed by atoms with Crippen LogP contribution in [0.25, 0.3) is 0 Å². The third-order valence-electron chi connectivity index (χ3n) is 4.60. The van der Waals surface area contributed by atoms with Gasteiger partial charge in [-0.15, -0.1) is 0 Å². The Bertz CT molecular complexity index is 292. The predicted octanol–water partition coefficient (Wildman–Crippen LogP) is 7.23. The zero-order chi connectivity index (χ0) is 19.6. The first kappa shape index (κ1) is 27.1. The van der Waals surface area contributed by atoms with Gasteiger partial charge in [0, 0.05) is 0 Å². The number of nitrogens with zero attached hydrogens (tertiary/aromatic N) is 1. The number of thiocarbonyl (C=S) groups is 1. The Labute approximate surface area is 166 Å². The molecule has 0 fully saturated rings. The first-order chi connectivity index (χ1) is 11.8. The van der Waals surface area contributed by atoms with Crippen LogP contribution in [0, 0.1) is 6.04 Å². The van der Waals surface area contributed by atoms with Gasteiger partial charge in [-0.3, -0.25) is 5.02 Å². The number of quaternary nitrogens is 1. The van der Waals surface area contributed by atoms with Crippen molar-refractivity contribution in [1.82, 2.24) is 0 Å². The SMILES string of the molecule is CCCC[N+](CCCC)(CCCC)CCCC.C[Si](C)(C)[CH-]C=C=S. The maximum Gasteiger partial charge on any atom is 0.0786 e. The molecule has 150 valence electrons. The summed E-state index contributed by atoms with van der Waals surface area (Å²) in [7, 11) is -0.988. The minimum absolute atomic E-state index is 0.988. The van der Waals surface area contributed by atoms with E-state index in [1.54, 1.807) is 0 Å². The van der Waals surface area contributed by atoms with Crippen molar-refractivity contribution in [3.8, 4) is 0 Å². The summed E-state index contributed by atoms with van der Waals surface area (Å²) in [5.74, 6) is 0. The Morgan fingerprint density at radius 3 is 1.24 bits per heavy atom. The molecule has 0 unspecified atom stereocenters. The fraction of sp³-hybridized carbons (Fsp3) is 0.864. The van der Waals surface area contributed by atoms with Crippen LogP contribution in [0.3, 0.4) is 0 Å². The summed E-state index contributed by atoms with van der Waals surface area (Å²) < 4.78 is 1.42. The van der Waals surface area contributed by atoms with E-state index in [-0.39, 0.29) is 0 Å². The number of unbranched alkanes of at least 4 members (excludes halogenated alkanes) is 4. The molecule has 0 amide bonds. The van der Waals surface area contributed by atoms with Gasteiger partial charge in [0.25, 0.3) is 0 Å². The van der Waals surface area contributed by atoms with E-state index in [2.05, 4.69) is 70.6 Å². The van der Waals surface area contributed by atoms with Gasteiger partial charge < -0.3 is 4.48 Å². The van der Waals surface area contributed by atoms with Crippen LogP contribution < -0.4 is 0 Å². The summed E-state index contributed by atoms with van der Waals surface area (Å²) in [6, 6.07) is 2.17. The number of hydrogen-bond donors (Lipinski definition) is 0. The predicted molar refractivity (Wildman–Crippen MR) is 124 cm³/mol. The first-order valence-electron chi connectivity index (χ1n) is 10.7. The molecule has 0 atom stereocenters. The lowest BCUT2D eigenvalue weighted by Gasteiger charge is -2.39. The van der Waals surface area contributed by atoms with Gasteiger partial charge in [-0.25, -0.2) is 6.04 Å². The maximum atomic E-state index is 4.51. The van der Waals surface area contributed by atoms with E-state index in [0.29, 0.717) is 0 Å². The van der Waals surface area contributed by atoms with Gasteiger partial charge in [0.1, 0.15) is 0 Å². The van der Waals surface area contributed by atoms with Gasteiger partial charge in [0.15, 0.2) is 0 Å². The first-order valence-corrected chi connectivity index (χ1v) is 14.7.